The van der Waals surface area contributed by atoms with Gasteiger partial charge < -0.3 is 15.8 Å². The highest BCUT2D eigenvalue weighted by Crippen LogP contribution is 2.32. The van der Waals surface area contributed by atoms with Gasteiger partial charge in [0.05, 0.1) is 13.0 Å². The molecule has 0 saturated heterocycles. The maximum absolute atomic E-state index is 11.8. The van der Waals surface area contributed by atoms with E-state index in [9.17, 15) is 4.79 Å². The molecule has 1 fully saturated rings. The predicted octanol–water partition coefficient (Wildman–Crippen LogP) is 2.35. The first-order chi connectivity index (χ1) is 9.61. The van der Waals surface area contributed by atoms with Crippen LogP contribution in [0.3, 0.4) is 0 Å². The number of hydrogen-bond acceptors (Lipinski definition) is 3. The fraction of sp³-hybridized carbons (Fsp3) is 0.562. The normalized spacial score (nSPS) is 15.0. The van der Waals surface area contributed by atoms with Gasteiger partial charge in [0, 0.05) is 12.6 Å². The van der Waals surface area contributed by atoms with E-state index in [0.29, 0.717) is 25.5 Å². The number of amides is 1. The molecule has 1 atom stereocenters. The van der Waals surface area contributed by atoms with Crippen molar-refractivity contribution in [3.05, 3.63) is 29.3 Å². The predicted molar refractivity (Wildman–Crippen MR) is 87.0 cm³/mol. The molecule has 1 unspecified atom stereocenters. The largest absolute Gasteiger partial charge is 0.493 e. The van der Waals surface area contributed by atoms with Crippen molar-refractivity contribution in [1.82, 2.24) is 5.32 Å². The zero-order valence-electron chi connectivity index (χ0n) is 12.7. The lowest BCUT2D eigenvalue weighted by molar-refractivity contribution is -0.122. The number of carbonyl (C=O) groups excluding carboxylic acids is 1. The molecular formula is C16H25ClN2O2. The zero-order chi connectivity index (χ0) is 14.5. The van der Waals surface area contributed by atoms with Gasteiger partial charge in [-0.2, -0.15) is 0 Å². The van der Waals surface area contributed by atoms with Crippen LogP contribution in [0.1, 0.15) is 30.4 Å². The second-order valence-corrected chi connectivity index (χ2v) is 5.54. The molecular weight excluding hydrogens is 288 g/mol. The summed E-state index contributed by atoms with van der Waals surface area (Å²) in [6.45, 7) is 5.00. The summed E-state index contributed by atoms with van der Waals surface area (Å²) >= 11 is 0. The van der Waals surface area contributed by atoms with Crippen LogP contribution in [-0.2, 0) is 4.79 Å². The number of halogens is 1. The van der Waals surface area contributed by atoms with E-state index in [1.165, 1.54) is 18.4 Å². The summed E-state index contributed by atoms with van der Waals surface area (Å²) in [7, 11) is 0. The molecule has 4 nitrogen and oxygen atoms in total. The minimum Gasteiger partial charge on any atom is -0.493 e. The Balaban J connectivity index is 0.00000220. The molecule has 5 heteroatoms. The second kappa shape index (κ2) is 8.25. The van der Waals surface area contributed by atoms with Crippen molar-refractivity contribution in [2.24, 2.45) is 11.7 Å². The van der Waals surface area contributed by atoms with Gasteiger partial charge in [0.2, 0.25) is 5.91 Å². The number of rotatable bonds is 7. The molecule has 0 spiro atoms. The molecule has 3 N–H and O–H groups in total. The lowest BCUT2D eigenvalue weighted by Crippen LogP contribution is -2.42. The first kappa shape index (κ1) is 17.8. The third kappa shape index (κ3) is 5.21. The van der Waals surface area contributed by atoms with Crippen LogP contribution in [0.25, 0.3) is 0 Å². The minimum atomic E-state index is 0. The fourth-order valence-corrected chi connectivity index (χ4v) is 2.28. The Kier molecular flexibility index (Phi) is 6.99. The lowest BCUT2D eigenvalue weighted by Gasteiger charge is -2.16. The average Bonchev–Trinajstić information content (AvgIpc) is 3.25. The van der Waals surface area contributed by atoms with Gasteiger partial charge in [-0.05, 0) is 49.8 Å². The van der Waals surface area contributed by atoms with Crippen LogP contribution in [0.4, 0.5) is 0 Å². The maximum Gasteiger partial charge on any atom is 0.223 e. The molecule has 0 heterocycles. The van der Waals surface area contributed by atoms with Crippen molar-refractivity contribution in [1.29, 1.82) is 0 Å². The molecule has 0 aromatic heterocycles. The first-order valence-electron chi connectivity index (χ1n) is 7.30. The highest BCUT2D eigenvalue weighted by molar-refractivity contribution is 5.85. The molecule has 0 radical (unpaired) electrons. The minimum absolute atomic E-state index is 0. The molecule has 1 saturated carbocycles. The van der Waals surface area contributed by atoms with Crippen molar-refractivity contribution in [2.75, 3.05) is 13.2 Å². The number of nitrogens with two attached hydrogens (primary N) is 1. The molecule has 21 heavy (non-hydrogen) atoms. The number of hydrogen-bond donors (Lipinski definition) is 2. The molecule has 1 aromatic carbocycles. The monoisotopic (exact) mass is 312 g/mol. The fourth-order valence-electron chi connectivity index (χ4n) is 2.28. The Labute approximate surface area is 132 Å². The van der Waals surface area contributed by atoms with Gasteiger partial charge in [-0.25, -0.2) is 0 Å². The maximum atomic E-state index is 11.8. The Hall–Kier alpha value is -1.26. The van der Waals surface area contributed by atoms with E-state index in [-0.39, 0.29) is 24.4 Å². The highest BCUT2D eigenvalue weighted by atomic mass is 35.5. The van der Waals surface area contributed by atoms with Crippen molar-refractivity contribution in [3.63, 3.8) is 0 Å². The van der Waals surface area contributed by atoms with E-state index in [1.54, 1.807) is 0 Å². The molecule has 2 rings (SSSR count). The Morgan fingerprint density at radius 3 is 2.76 bits per heavy atom. The van der Waals surface area contributed by atoms with Gasteiger partial charge >= 0.3 is 0 Å². The van der Waals surface area contributed by atoms with Crippen LogP contribution >= 0.6 is 12.4 Å². The number of benzene rings is 1. The van der Waals surface area contributed by atoms with Gasteiger partial charge in [0.15, 0.2) is 0 Å². The van der Waals surface area contributed by atoms with Crippen LogP contribution in [0.2, 0.25) is 0 Å². The van der Waals surface area contributed by atoms with Crippen LogP contribution in [0.5, 0.6) is 5.75 Å². The SMILES string of the molecule is Cc1cccc(OCCC(=O)NC(CN)C2CC2)c1C.Cl. The van der Waals surface area contributed by atoms with Gasteiger partial charge in [-0.3, -0.25) is 4.79 Å². The summed E-state index contributed by atoms with van der Waals surface area (Å²) < 4.78 is 5.69. The number of nitrogens with one attached hydrogen (secondary N) is 1. The Morgan fingerprint density at radius 2 is 2.14 bits per heavy atom. The topological polar surface area (TPSA) is 64.3 Å². The standard InChI is InChI=1S/C16H24N2O2.ClH/c1-11-4-3-5-15(12(11)2)20-9-8-16(19)18-14(10-17)13-6-7-13;/h3-5,13-14H,6-10,17H2,1-2H3,(H,18,19);1H. The van der Waals surface area contributed by atoms with Crippen LogP contribution < -0.4 is 15.8 Å². The summed E-state index contributed by atoms with van der Waals surface area (Å²) in [5.41, 5.74) is 8.00. The highest BCUT2D eigenvalue weighted by Gasteiger charge is 2.31. The number of ether oxygens (including phenoxy) is 1. The van der Waals surface area contributed by atoms with E-state index in [4.69, 9.17) is 10.5 Å². The Morgan fingerprint density at radius 1 is 1.43 bits per heavy atom. The summed E-state index contributed by atoms with van der Waals surface area (Å²) in [6.07, 6.45) is 2.73. The van der Waals surface area contributed by atoms with E-state index in [0.717, 1.165) is 11.3 Å². The van der Waals surface area contributed by atoms with E-state index in [2.05, 4.69) is 18.3 Å². The lowest BCUT2D eigenvalue weighted by atomic mass is 10.1. The Bertz CT molecular complexity index is 475. The van der Waals surface area contributed by atoms with Gasteiger partial charge in [0.1, 0.15) is 5.75 Å². The summed E-state index contributed by atoms with van der Waals surface area (Å²) in [4.78, 5) is 11.8. The van der Waals surface area contributed by atoms with Crippen LogP contribution in [0.15, 0.2) is 18.2 Å². The molecule has 1 aliphatic rings. The van der Waals surface area contributed by atoms with E-state index in [1.807, 2.05) is 19.1 Å². The zero-order valence-corrected chi connectivity index (χ0v) is 13.5. The van der Waals surface area contributed by atoms with Gasteiger partial charge in [-0.15, -0.1) is 12.4 Å². The summed E-state index contributed by atoms with van der Waals surface area (Å²) in [6, 6.07) is 6.10. The van der Waals surface area contributed by atoms with E-state index < -0.39 is 0 Å². The van der Waals surface area contributed by atoms with Crippen LogP contribution in [0, 0.1) is 19.8 Å². The second-order valence-electron chi connectivity index (χ2n) is 5.54. The molecule has 1 amide bonds. The van der Waals surface area contributed by atoms with E-state index >= 15 is 0 Å². The van der Waals surface area contributed by atoms with Gasteiger partial charge in [0.25, 0.3) is 0 Å². The van der Waals surface area contributed by atoms with Crippen LogP contribution in [-0.4, -0.2) is 25.1 Å². The van der Waals surface area contributed by atoms with Crippen molar-refractivity contribution < 1.29 is 9.53 Å². The quantitative estimate of drug-likeness (QED) is 0.812. The molecule has 0 aliphatic heterocycles. The smallest absolute Gasteiger partial charge is 0.223 e. The number of carbonyl (C=O) groups is 1. The molecule has 0 bridgehead atoms. The van der Waals surface area contributed by atoms with Crippen molar-refractivity contribution in [2.45, 2.75) is 39.2 Å². The molecule has 118 valence electrons. The summed E-state index contributed by atoms with van der Waals surface area (Å²) in [5.74, 6) is 1.47. The molecule has 1 aliphatic carbocycles. The van der Waals surface area contributed by atoms with Crippen molar-refractivity contribution in [3.8, 4) is 5.75 Å². The average molecular weight is 313 g/mol. The first-order valence-corrected chi connectivity index (χ1v) is 7.30. The summed E-state index contributed by atoms with van der Waals surface area (Å²) in [5, 5.41) is 3.00. The third-order valence-electron chi connectivity index (χ3n) is 3.93. The van der Waals surface area contributed by atoms with Gasteiger partial charge in [-0.1, -0.05) is 12.1 Å². The number of aryl methyl sites for hydroxylation is 1. The third-order valence-corrected chi connectivity index (χ3v) is 3.93. The molecule has 1 aromatic rings. The van der Waals surface area contributed by atoms with Crippen molar-refractivity contribution >= 4 is 18.3 Å².